The van der Waals surface area contributed by atoms with Crippen LogP contribution >= 0.6 is 11.6 Å². The Morgan fingerprint density at radius 2 is 1.20 bits per heavy atom. The van der Waals surface area contributed by atoms with Crippen molar-refractivity contribution in [3.05, 3.63) is 28.8 Å². The minimum atomic E-state index is -4.30. The molecule has 0 radical (unpaired) electrons. The van der Waals surface area contributed by atoms with Crippen LogP contribution in [0.15, 0.2) is 18.2 Å². The first-order chi connectivity index (χ1) is 14.4. The Kier molecular flexibility index (Phi) is 15.3. The molecule has 0 bridgehead atoms. The van der Waals surface area contributed by atoms with Crippen LogP contribution in [0.2, 0.25) is 5.02 Å². The first-order valence-corrected chi connectivity index (χ1v) is 13.8. The minimum absolute atomic E-state index is 0.230. The number of nitrogens with one attached hydrogen (secondary N) is 1. The highest BCUT2D eigenvalue weighted by molar-refractivity contribution is 7.87. The van der Waals surface area contributed by atoms with Gasteiger partial charge in [-0.2, -0.15) is 8.42 Å². The number of unbranched alkanes of at least 4 members (excludes halogenated alkanes) is 15. The van der Waals surface area contributed by atoms with E-state index in [0.717, 1.165) is 18.4 Å². The molecule has 6 heteroatoms. The number of aryl methyl sites for hydroxylation is 1. The average molecular weight is 460 g/mol. The Morgan fingerprint density at radius 1 is 0.767 bits per heavy atom. The molecule has 2 N–H and O–H groups in total. The molecule has 4 nitrogen and oxygen atoms in total. The van der Waals surface area contributed by atoms with E-state index in [2.05, 4.69) is 6.92 Å². The van der Waals surface area contributed by atoms with Crippen molar-refractivity contribution in [2.75, 3.05) is 4.72 Å². The van der Waals surface area contributed by atoms with Gasteiger partial charge in [0.2, 0.25) is 0 Å². The van der Waals surface area contributed by atoms with Gasteiger partial charge in [-0.15, -0.1) is 0 Å². The molecular formula is C24H42ClNO3S. The van der Waals surface area contributed by atoms with Gasteiger partial charge < -0.3 is 0 Å². The average Bonchev–Trinajstić information content (AvgIpc) is 2.69. The molecule has 0 aromatic heterocycles. The van der Waals surface area contributed by atoms with E-state index in [1.54, 1.807) is 12.1 Å². The molecule has 0 aliphatic carbocycles. The molecule has 1 rings (SSSR count). The summed E-state index contributed by atoms with van der Waals surface area (Å²) in [5.41, 5.74) is 1.25. The highest BCUT2D eigenvalue weighted by Crippen LogP contribution is 2.25. The van der Waals surface area contributed by atoms with Crippen molar-refractivity contribution in [2.24, 2.45) is 0 Å². The van der Waals surface area contributed by atoms with E-state index in [0.29, 0.717) is 0 Å². The molecule has 0 atom stereocenters. The second-order valence-electron chi connectivity index (χ2n) is 8.44. The highest BCUT2D eigenvalue weighted by Gasteiger charge is 2.08. The third-order valence-electron chi connectivity index (χ3n) is 5.59. The fourth-order valence-electron chi connectivity index (χ4n) is 3.82. The molecule has 0 aliphatic rings. The van der Waals surface area contributed by atoms with Crippen LogP contribution in [0.1, 0.15) is 115 Å². The Morgan fingerprint density at radius 3 is 1.63 bits per heavy atom. The van der Waals surface area contributed by atoms with Crippen LogP contribution in [0, 0.1) is 0 Å². The Hall–Kier alpha value is -0.780. The molecule has 0 aliphatic heterocycles. The van der Waals surface area contributed by atoms with Crippen LogP contribution in [0.3, 0.4) is 0 Å². The van der Waals surface area contributed by atoms with Crippen molar-refractivity contribution in [3.63, 3.8) is 0 Å². The van der Waals surface area contributed by atoms with Gasteiger partial charge in [0.05, 0.1) is 10.7 Å². The number of halogens is 1. The van der Waals surface area contributed by atoms with Gasteiger partial charge in [-0.05, 0) is 30.5 Å². The zero-order valence-corrected chi connectivity index (χ0v) is 20.4. The van der Waals surface area contributed by atoms with Gasteiger partial charge in [-0.3, -0.25) is 9.27 Å². The normalized spacial score (nSPS) is 11.7. The summed E-state index contributed by atoms with van der Waals surface area (Å²) in [5.74, 6) is 0. The Labute approximate surface area is 190 Å². The van der Waals surface area contributed by atoms with E-state index in [9.17, 15) is 8.42 Å². The third kappa shape index (κ3) is 15.1. The van der Waals surface area contributed by atoms with Gasteiger partial charge in [0, 0.05) is 0 Å². The molecule has 0 heterocycles. The van der Waals surface area contributed by atoms with Gasteiger partial charge in [-0.1, -0.05) is 121 Å². The van der Waals surface area contributed by atoms with E-state index < -0.39 is 10.3 Å². The molecule has 0 saturated heterocycles. The molecular weight excluding hydrogens is 418 g/mol. The van der Waals surface area contributed by atoms with E-state index in [1.807, 2.05) is 10.8 Å². The van der Waals surface area contributed by atoms with E-state index in [4.69, 9.17) is 16.2 Å². The predicted octanol–water partition coefficient (Wildman–Crippen LogP) is 8.36. The largest absolute Gasteiger partial charge is 0.357 e. The Bertz CT molecular complexity index is 664. The minimum Gasteiger partial charge on any atom is -0.269 e. The second-order valence-corrected chi connectivity index (χ2v) is 10.0. The molecule has 0 saturated carbocycles. The highest BCUT2D eigenvalue weighted by atomic mass is 35.5. The van der Waals surface area contributed by atoms with Crippen molar-refractivity contribution in [1.29, 1.82) is 0 Å². The van der Waals surface area contributed by atoms with E-state index >= 15 is 0 Å². The molecule has 1 aromatic rings. The summed E-state index contributed by atoms with van der Waals surface area (Å²) >= 11 is 5.97. The SMILES string of the molecule is CCCCCCCCCCCCCCCCCCc1ccc(Cl)c(NS(=O)(=O)O)c1. The molecule has 0 fully saturated rings. The van der Waals surface area contributed by atoms with Crippen LogP contribution < -0.4 is 4.72 Å². The van der Waals surface area contributed by atoms with Crippen LogP contribution in [0.4, 0.5) is 5.69 Å². The van der Waals surface area contributed by atoms with Crippen molar-refractivity contribution in [2.45, 2.75) is 116 Å². The monoisotopic (exact) mass is 459 g/mol. The van der Waals surface area contributed by atoms with E-state index in [1.165, 1.54) is 96.3 Å². The fraction of sp³-hybridized carbons (Fsp3) is 0.750. The maximum Gasteiger partial charge on any atom is 0.357 e. The van der Waals surface area contributed by atoms with Crippen molar-refractivity contribution < 1.29 is 13.0 Å². The lowest BCUT2D eigenvalue weighted by Gasteiger charge is -2.08. The smallest absolute Gasteiger partial charge is 0.269 e. The number of benzene rings is 1. The summed E-state index contributed by atoms with van der Waals surface area (Å²) in [6.45, 7) is 2.27. The molecule has 30 heavy (non-hydrogen) atoms. The summed E-state index contributed by atoms with van der Waals surface area (Å²) < 4.78 is 32.9. The fourth-order valence-corrected chi connectivity index (χ4v) is 4.49. The van der Waals surface area contributed by atoms with Crippen LogP contribution in [-0.2, 0) is 16.7 Å². The quantitative estimate of drug-likeness (QED) is 0.161. The first-order valence-electron chi connectivity index (χ1n) is 12.0. The molecule has 0 spiro atoms. The summed E-state index contributed by atoms with van der Waals surface area (Å²) in [6, 6.07) is 5.26. The first kappa shape index (κ1) is 27.3. The van der Waals surface area contributed by atoms with Gasteiger partial charge in [-0.25, -0.2) is 0 Å². The zero-order valence-electron chi connectivity index (χ0n) is 18.8. The van der Waals surface area contributed by atoms with Crippen LogP contribution in [-0.4, -0.2) is 13.0 Å². The molecule has 174 valence electrons. The van der Waals surface area contributed by atoms with E-state index in [-0.39, 0.29) is 10.7 Å². The standard InChI is InChI=1S/C24H42ClNO3S/c1-2-3-4-5-6-7-8-9-10-11-12-13-14-15-16-17-18-22-19-20-23(25)24(21-22)26-30(27,28)29/h19-21,26H,2-18H2,1H3,(H,27,28,29). The van der Waals surface area contributed by atoms with Gasteiger partial charge in [0.25, 0.3) is 0 Å². The van der Waals surface area contributed by atoms with Crippen molar-refractivity contribution in [1.82, 2.24) is 0 Å². The van der Waals surface area contributed by atoms with Crippen molar-refractivity contribution in [3.8, 4) is 0 Å². The zero-order chi connectivity index (χ0) is 22.1. The summed E-state index contributed by atoms with van der Waals surface area (Å²) in [6.07, 6.45) is 22.4. The third-order valence-corrected chi connectivity index (χ3v) is 6.40. The molecule has 1 aromatic carbocycles. The molecule has 0 amide bonds. The summed E-state index contributed by atoms with van der Waals surface area (Å²) in [4.78, 5) is 0. The van der Waals surface area contributed by atoms with Crippen molar-refractivity contribution >= 4 is 27.6 Å². The maximum absolute atomic E-state index is 11.0. The second kappa shape index (κ2) is 16.9. The molecule has 0 unspecified atom stereocenters. The number of hydrogen-bond donors (Lipinski definition) is 2. The number of hydrogen-bond acceptors (Lipinski definition) is 2. The maximum atomic E-state index is 11.0. The number of anilines is 1. The van der Waals surface area contributed by atoms with Crippen LogP contribution in [0.25, 0.3) is 0 Å². The van der Waals surface area contributed by atoms with Gasteiger partial charge >= 0.3 is 10.3 Å². The summed E-state index contributed by atoms with van der Waals surface area (Å²) in [5, 5.41) is 0.281. The lowest BCUT2D eigenvalue weighted by Crippen LogP contribution is -2.10. The lowest BCUT2D eigenvalue weighted by atomic mass is 10.0. The topological polar surface area (TPSA) is 66.4 Å². The van der Waals surface area contributed by atoms with Gasteiger partial charge in [0.1, 0.15) is 0 Å². The van der Waals surface area contributed by atoms with Crippen LogP contribution in [0.5, 0.6) is 0 Å². The van der Waals surface area contributed by atoms with Gasteiger partial charge in [0.15, 0.2) is 0 Å². The Balaban J connectivity index is 1.96. The lowest BCUT2D eigenvalue weighted by molar-refractivity contribution is 0.489. The summed E-state index contributed by atoms with van der Waals surface area (Å²) in [7, 11) is -4.30. The number of rotatable bonds is 19. The predicted molar refractivity (Wildman–Crippen MR) is 130 cm³/mol.